The normalized spacial score (nSPS) is 12.0. The maximum atomic E-state index is 5.94. The molecule has 0 radical (unpaired) electrons. The molecule has 1 aromatic carbocycles. The fourth-order valence-corrected chi connectivity index (χ4v) is 3.12. The number of anilines is 1. The van der Waals surface area contributed by atoms with Crippen molar-refractivity contribution in [3.8, 4) is 0 Å². The number of halogens is 1. The minimum atomic E-state index is 0.0281. The zero-order valence-corrected chi connectivity index (χ0v) is 13.9. The Bertz CT molecular complexity index is 767. The number of imidazole rings is 1. The molecule has 2 N–H and O–H groups in total. The molecule has 5 heteroatoms. The van der Waals surface area contributed by atoms with Crippen LogP contribution in [0.2, 0.25) is 5.02 Å². The van der Waals surface area contributed by atoms with Crippen molar-refractivity contribution in [3.63, 3.8) is 0 Å². The molecule has 2 aromatic heterocycles. The standard InChI is InChI=1S/C16H18ClN3S/c1-16(2,3)15-19-13-5-4-11(7-14(13)20-15)18-8-12-6-10(17)9-21-12/h4-7,9,18H,8H2,1-3H3,(H,19,20). The van der Waals surface area contributed by atoms with Gasteiger partial charge in [0.15, 0.2) is 0 Å². The van der Waals surface area contributed by atoms with Crippen LogP contribution in [0.15, 0.2) is 29.6 Å². The Morgan fingerprint density at radius 3 is 2.76 bits per heavy atom. The molecular weight excluding hydrogens is 302 g/mol. The van der Waals surface area contributed by atoms with E-state index in [0.29, 0.717) is 0 Å². The summed E-state index contributed by atoms with van der Waals surface area (Å²) in [5.41, 5.74) is 3.18. The number of hydrogen-bond acceptors (Lipinski definition) is 3. The number of rotatable bonds is 3. The second kappa shape index (κ2) is 5.35. The average Bonchev–Trinajstić information content (AvgIpc) is 3.01. The number of fused-ring (bicyclic) bond motifs is 1. The van der Waals surface area contributed by atoms with E-state index in [9.17, 15) is 0 Å². The highest BCUT2D eigenvalue weighted by Crippen LogP contribution is 2.25. The largest absolute Gasteiger partial charge is 0.380 e. The summed E-state index contributed by atoms with van der Waals surface area (Å²) in [7, 11) is 0. The molecule has 110 valence electrons. The second-order valence-electron chi connectivity index (χ2n) is 6.15. The van der Waals surface area contributed by atoms with E-state index < -0.39 is 0 Å². The Kier molecular flexibility index (Phi) is 3.68. The summed E-state index contributed by atoms with van der Waals surface area (Å²) < 4.78 is 0. The number of hydrogen-bond donors (Lipinski definition) is 2. The molecule has 0 bridgehead atoms. The summed E-state index contributed by atoms with van der Waals surface area (Å²) in [6.45, 7) is 7.25. The van der Waals surface area contributed by atoms with E-state index in [1.165, 1.54) is 4.88 Å². The van der Waals surface area contributed by atoms with Crippen LogP contribution in [0, 0.1) is 0 Å². The third kappa shape index (κ3) is 3.22. The van der Waals surface area contributed by atoms with Crippen LogP contribution in [0.1, 0.15) is 31.5 Å². The maximum Gasteiger partial charge on any atom is 0.112 e. The van der Waals surface area contributed by atoms with E-state index in [1.54, 1.807) is 11.3 Å². The summed E-state index contributed by atoms with van der Waals surface area (Å²) in [6, 6.07) is 8.20. The molecule has 0 spiro atoms. The third-order valence-electron chi connectivity index (χ3n) is 3.28. The van der Waals surface area contributed by atoms with E-state index in [1.807, 2.05) is 17.5 Å². The molecule has 0 unspecified atom stereocenters. The van der Waals surface area contributed by atoms with Crippen molar-refractivity contribution in [2.75, 3.05) is 5.32 Å². The zero-order chi connectivity index (χ0) is 15.0. The molecule has 3 aromatic rings. The SMILES string of the molecule is CC(C)(C)c1nc2ccc(NCc3cc(Cl)cs3)cc2[nH]1. The first-order chi connectivity index (χ1) is 9.91. The Labute approximate surface area is 133 Å². The minimum absolute atomic E-state index is 0.0281. The summed E-state index contributed by atoms with van der Waals surface area (Å²) in [5.74, 6) is 1.01. The molecule has 3 nitrogen and oxygen atoms in total. The van der Waals surface area contributed by atoms with Crippen LogP contribution < -0.4 is 5.32 Å². The van der Waals surface area contributed by atoms with Crippen LogP contribution in [-0.4, -0.2) is 9.97 Å². The molecule has 0 atom stereocenters. The van der Waals surface area contributed by atoms with Crippen LogP contribution in [-0.2, 0) is 12.0 Å². The van der Waals surface area contributed by atoms with Crippen molar-refractivity contribution in [1.29, 1.82) is 0 Å². The van der Waals surface area contributed by atoms with Crippen molar-refractivity contribution < 1.29 is 0 Å². The van der Waals surface area contributed by atoms with Gasteiger partial charge in [-0.05, 0) is 24.3 Å². The quantitative estimate of drug-likeness (QED) is 0.697. The van der Waals surface area contributed by atoms with E-state index in [2.05, 4.69) is 48.2 Å². The molecule has 21 heavy (non-hydrogen) atoms. The number of aromatic nitrogens is 2. The molecule has 3 rings (SSSR count). The Hall–Kier alpha value is -1.52. The van der Waals surface area contributed by atoms with E-state index in [0.717, 1.165) is 34.1 Å². The molecule has 0 amide bonds. The number of aromatic amines is 1. The van der Waals surface area contributed by atoms with Crippen molar-refractivity contribution >= 4 is 39.7 Å². The van der Waals surface area contributed by atoms with Crippen molar-refractivity contribution in [3.05, 3.63) is 45.4 Å². The lowest BCUT2D eigenvalue weighted by Crippen LogP contribution is -2.12. The van der Waals surface area contributed by atoms with Gasteiger partial charge in [-0.3, -0.25) is 0 Å². The monoisotopic (exact) mass is 319 g/mol. The molecule has 2 heterocycles. The van der Waals surface area contributed by atoms with Gasteiger partial charge in [0, 0.05) is 27.9 Å². The fraction of sp³-hybridized carbons (Fsp3) is 0.312. The van der Waals surface area contributed by atoms with Crippen molar-refractivity contribution in [2.45, 2.75) is 32.7 Å². The summed E-state index contributed by atoms with van der Waals surface area (Å²) in [5, 5.41) is 6.17. The van der Waals surface area contributed by atoms with Crippen LogP contribution >= 0.6 is 22.9 Å². The molecule has 0 aliphatic heterocycles. The first-order valence-corrected chi connectivity index (χ1v) is 8.14. The third-order valence-corrected chi connectivity index (χ3v) is 4.57. The van der Waals surface area contributed by atoms with Crippen molar-refractivity contribution in [2.24, 2.45) is 0 Å². The van der Waals surface area contributed by atoms with E-state index in [-0.39, 0.29) is 5.41 Å². The summed E-state index contributed by atoms with van der Waals surface area (Å²) in [6.07, 6.45) is 0. The van der Waals surface area contributed by atoms with E-state index in [4.69, 9.17) is 11.6 Å². The van der Waals surface area contributed by atoms with Gasteiger partial charge in [-0.2, -0.15) is 0 Å². The molecule has 0 aliphatic rings. The zero-order valence-electron chi connectivity index (χ0n) is 12.3. The molecule has 0 saturated heterocycles. The predicted octanol–water partition coefficient (Wildman–Crippen LogP) is 5.19. The topological polar surface area (TPSA) is 40.7 Å². The highest BCUT2D eigenvalue weighted by molar-refractivity contribution is 7.10. The lowest BCUT2D eigenvalue weighted by Gasteiger charge is -2.13. The Morgan fingerprint density at radius 2 is 2.10 bits per heavy atom. The van der Waals surface area contributed by atoms with Crippen LogP contribution in [0.4, 0.5) is 5.69 Å². The van der Waals surface area contributed by atoms with Crippen molar-refractivity contribution in [1.82, 2.24) is 9.97 Å². The number of nitrogens with one attached hydrogen (secondary N) is 2. The maximum absolute atomic E-state index is 5.94. The fourth-order valence-electron chi connectivity index (χ4n) is 2.11. The lowest BCUT2D eigenvalue weighted by molar-refractivity contribution is 0.554. The first-order valence-electron chi connectivity index (χ1n) is 6.89. The number of H-pyrrole nitrogens is 1. The summed E-state index contributed by atoms with van der Waals surface area (Å²) >= 11 is 7.60. The highest BCUT2D eigenvalue weighted by Gasteiger charge is 2.18. The first kappa shape index (κ1) is 14.4. The van der Waals surface area contributed by atoms with Gasteiger partial charge >= 0.3 is 0 Å². The molecule has 0 saturated carbocycles. The van der Waals surface area contributed by atoms with Crippen LogP contribution in [0.3, 0.4) is 0 Å². The lowest BCUT2D eigenvalue weighted by atomic mass is 9.96. The number of nitrogens with zero attached hydrogens (tertiary/aromatic N) is 1. The average molecular weight is 320 g/mol. The smallest absolute Gasteiger partial charge is 0.112 e. The van der Waals surface area contributed by atoms with Gasteiger partial charge in [-0.15, -0.1) is 11.3 Å². The summed E-state index contributed by atoms with van der Waals surface area (Å²) in [4.78, 5) is 9.28. The van der Waals surface area contributed by atoms with Crippen LogP contribution in [0.5, 0.6) is 0 Å². The molecular formula is C16H18ClN3S. The number of benzene rings is 1. The Balaban J connectivity index is 1.80. The van der Waals surface area contributed by atoms with Gasteiger partial charge in [0.25, 0.3) is 0 Å². The van der Waals surface area contributed by atoms with Gasteiger partial charge < -0.3 is 10.3 Å². The van der Waals surface area contributed by atoms with Gasteiger partial charge in [0.1, 0.15) is 5.82 Å². The van der Waals surface area contributed by atoms with E-state index >= 15 is 0 Å². The van der Waals surface area contributed by atoms with Gasteiger partial charge in [0.05, 0.1) is 16.1 Å². The minimum Gasteiger partial charge on any atom is -0.380 e. The van der Waals surface area contributed by atoms with Gasteiger partial charge in [0.2, 0.25) is 0 Å². The molecule has 0 aliphatic carbocycles. The van der Waals surface area contributed by atoms with Gasteiger partial charge in [-0.1, -0.05) is 32.4 Å². The predicted molar refractivity (Wildman–Crippen MR) is 91.4 cm³/mol. The second-order valence-corrected chi connectivity index (χ2v) is 7.58. The van der Waals surface area contributed by atoms with Gasteiger partial charge in [-0.25, -0.2) is 4.98 Å². The Morgan fingerprint density at radius 1 is 1.29 bits per heavy atom. The molecule has 0 fully saturated rings. The van der Waals surface area contributed by atoms with Crippen LogP contribution in [0.25, 0.3) is 11.0 Å². The highest BCUT2D eigenvalue weighted by atomic mass is 35.5. The number of thiophene rings is 1.